The minimum atomic E-state index is -0.996. The number of ether oxygens (including phenoxy) is 2. The topological polar surface area (TPSA) is 67.9 Å². The lowest BCUT2D eigenvalue weighted by molar-refractivity contribution is -0.158. The molecule has 0 spiro atoms. The summed E-state index contributed by atoms with van der Waals surface area (Å²) in [4.78, 5) is 26.5. The van der Waals surface area contributed by atoms with E-state index in [1.54, 1.807) is 24.3 Å². The molecule has 1 saturated heterocycles. The molecule has 0 saturated carbocycles. The van der Waals surface area contributed by atoms with E-state index in [0.29, 0.717) is 30.9 Å². The molecule has 2 aromatic rings. The van der Waals surface area contributed by atoms with Crippen LogP contribution in [0.4, 0.5) is 0 Å². The Morgan fingerprint density at radius 2 is 1.48 bits per heavy atom. The van der Waals surface area contributed by atoms with Gasteiger partial charge in [0.1, 0.15) is 0 Å². The largest absolute Gasteiger partial charge is 0.345 e. The molecule has 2 aliphatic rings. The van der Waals surface area contributed by atoms with Crippen molar-refractivity contribution in [3.8, 4) is 0 Å². The monoisotopic (exact) mass is 366 g/mol. The molecule has 27 heavy (non-hydrogen) atoms. The molecule has 0 bridgehead atoms. The zero-order valence-electron chi connectivity index (χ0n) is 15.0. The third-order valence-corrected chi connectivity index (χ3v) is 4.92. The van der Waals surface area contributed by atoms with E-state index < -0.39 is 5.79 Å². The van der Waals surface area contributed by atoms with Gasteiger partial charge in [-0.15, -0.1) is 0 Å². The van der Waals surface area contributed by atoms with Crippen LogP contribution in [0.15, 0.2) is 54.6 Å². The lowest BCUT2D eigenvalue weighted by Crippen LogP contribution is -2.52. The highest BCUT2D eigenvalue weighted by Gasteiger charge is 2.44. The summed E-state index contributed by atoms with van der Waals surface area (Å²) in [5.74, 6) is -1.58. The minimum Gasteiger partial charge on any atom is -0.345 e. The van der Waals surface area contributed by atoms with Crippen LogP contribution in [0.2, 0.25) is 0 Å². The summed E-state index contributed by atoms with van der Waals surface area (Å²) >= 11 is 0. The molecule has 6 nitrogen and oxygen atoms in total. The van der Waals surface area contributed by atoms with Gasteiger partial charge >= 0.3 is 0 Å². The molecule has 0 unspecified atom stereocenters. The molecule has 1 fully saturated rings. The number of hydrogen-bond acceptors (Lipinski definition) is 5. The fourth-order valence-corrected chi connectivity index (χ4v) is 3.53. The van der Waals surface area contributed by atoms with Gasteiger partial charge in [-0.25, -0.2) is 0 Å². The minimum absolute atomic E-state index is 0.0810. The van der Waals surface area contributed by atoms with Crippen LogP contribution >= 0.6 is 0 Å². The summed E-state index contributed by atoms with van der Waals surface area (Å²) in [6.45, 7) is 2.14. The van der Waals surface area contributed by atoms with Crippen molar-refractivity contribution in [2.75, 3.05) is 32.8 Å². The lowest BCUT2D eigenvalue weighted by Gasteiger charge is -2.31. The van der Waals surface area contributed by atoms with Gasteiger partial charge in [-0.3, -0.25) is 14.5 Å². The Morgan fingerprint density at radius 1 is 0.889 bits per heavy atom. The average molecular weight is 366 g/mol. The normalized spacial score (nSPS) is 18.1. The standard InChI is InChI=1S/C21H22N2O4/c24-19-17-8-4-5-9-18(17)20(25)23(19)15-21(26-12-13-27-21)14-22-11-10-16-6-2-1-3-7-16/h1-9,22H,10-15H2. The molecule has 0 aliphatic carbocycles. The number of carbonyl (C=O) groups is 2. The maximum absolute atomic E-state index is 12.6. The van der Waals surface area contributed by atoms with Crippen molar-refractivity contribution in [3.63, 3.8) is 0 Å². The van der Waals surface area contributed by atoms with Crippen LogP contribution in [0.1, 0.15) is 26.3 Å². The van der Waals surface area contributed by atoms with Gasteiger partial charge in [-0.2, -0.15) is 0 Å². The van der Waals surface area contributed by atoms with Crippen molar-refractivity contribution in [2.24, 2.45) is 0 Å². The molecule has 0 aromatic heterocycles. The molecular formula is C21H22N2O4. The molecule has 1 N–H and O–H groups in total. The summed E-state index contributed by atoms with van der Waals surface area (Å²) in [5.41, 5.74) is 2.12. The Labute approximate surface area is 158 Å². The van der Waals surface area contributed by atoms with Crippen LogP contribution in [0, 0.1) is 0 Å². The van der Waals surface area contributed by atoms with Crippen LogP contribution in [0.5, 0.6) is 0 Å². The van der Waals surface area contributed by atoms with Crippen LogP contribution in [0.25, 0.3) is 0 Å². The van der Waals surface area contributed by atoms with Crippen molar-refractivity contribution in [2.45, 2.75) is 12.2 Å². The molecule has 2 aromatic carbocycles. The number of nitrogens with one attached hydrogen (secondary N) is 1. The summed E-state index contributed by atoms with van der Waals surface area (Å²) in [7, 11) is 0. The fourth-order valence-electron chi connectivity index (χ4n) is 3.53. The Morgan fingerprint density at radius 3 is 2.11 bits per heavy atom. The first kappa shape index (κ1) is 17.9. The summed E-state index contributed by atoms with van der Waals surface area (Å²) in [5, 5.41) is 3.34. The molecule has 2 heterocycles. The van der Waals surface area contributed by atoms with Crippen LogP contribution < -0.4 is 5.32 Å². The number of hydrogen-bond donors (Lipinski definition) is 1. The van der Waals surface area contributed by atoms with Gasteiger partial charge in [0.15, 0.2) is 5.79 Å². The van der Waals surface area contributed by atoms with Crippen LogP contribution in [0.3, 0.4) is 0 Å². The van der Waals surface area contributed by atoms with Gasteiger partial charge < -0.3 is 14.8 Å². The average Bonchev–Trinajstić information content (AvgIpc) is 3.26. The summed E-state index contributed by atoms with van der Waals surface area (Å²) in [6.07, 6.45) is 0.879. The predicted octanol–water partition coefficient (Wildman–Crippen LogP) is 1.86. The van der Waals surface area contributed by atoms with E-state index in [1.807, 2.05) is 18.2 Å². The van der Waals surface area contributed by atoms with Gasteiger partial charge in [-0.1, -0.05) is 42.5 Å². The second kappa shape index (κ2) is 7.60. The van der Waals surface area contributed by atoms with E-state index >= 15 is 0 Å². The van der Waals surface area contributed by atoms with Crippen molar-refractivity contribution in [3.05, 3.63) is 71.3 Å². The fraction of sp³-hybridized carbons (Fsp3) is 0.333. The van der Waals surface area contributed by atoms with Gasteiger partial charge in [0, 0.05) is 0 Å². The first-order chi connectivity index (χ1) is 13.2. The predicted molar refractivity (Wildman–Crippen MR) is 99.5 cm³/mol. The molecular weight excluding hydrogens is 344 g/mol. The molecule has 140 valence electrons. The van der Waals surface area contributed by atoms with Crippen molar-refractivity contribution in [1.29, 1.82) is 0 Å². The zero-order valence-corrected chi connectivity index (χ0v) is 15.0. The molecule has 2 amide bonds. The quantitative estimate of drug-likeness (QED) is 0.598. The second-order valence-corrected chi connectivity index (χ2v) is 6.76. The highest BCUT2D eigenvalue weighted by molar-refractivity contribution is 6.21. The maximum Gasteiger partial charge on any atom is 0.261 e. The third kappa shape index (κ3) is 3.64. The van der Waals surface area contributed by atoms with E-state index in [0.717, 1.165) is 13.0 Å². The number of fused-ring (bicyclic) bond motifs is 1. The Hall–Kier alpha value is -2.54. The number of benzene rings is 2. The summed E-state index contributed by atoms with van der Waals surface area (Å²) < 4.78 is 11.6. The van der Waals surface area contributed by atoms with E-state index in [1.165, 1.54) is 10.5 Å². The van der Waals surface area contributed by atoms with Crippen molar-refractivity contribution < 1.29 is 19.1 Å². The first-order valence-corrected chi connectivity index (χ1v) is 9.16. The Kier molecular flexibility index (Phi) is 5.03. The van der Waals surface area contributed by atoms with Crippen molar-refractivity contribution >= 4 is 11.8 Å². The number of amides is 2. The SMILES string of the molecule is O=C1c2ccccc2C(=O)N1CC1(CNCCc2ccccc2)OCCO1. The Balaban J connectivity index is 1.39. The summed E-state index contributed by atoms with van der Waals surface area (Å²) in [6, 6.07) is 17.1. The molecule has 0 atom stereocenters. The third-order valence-electron chi connectivity index (χ3n) is 4.92. The van der Waals surface area contributed by atoms with Gasteiger partial charge in [-0.05, 0) is 30.7 Å². The number of carbonyl (C=O) groups excluding carboxylic acids is 2. The van der Waals surface area contributed by atoms with Gasteiger partial charge in [0.25, 0.3) is 11.8 Å². The maximum atomic E-state index is 12.6. The number of rotatable bonds is 7. The number of imide groups is 1. The number of nitrogens with zero attached hydrogens (tertiary/aromatic N) is 1. The second-order valence-electron chi connectivity index (χ2n) is 6.76. The molecule has 2 aliphatic heterocycles. The van der Waals surface area contributed by atoms with Gasteiger partial charge in [0.2, 0.25) is 0 Å². The van der Waals surface area contributed by atoms with E-state index in [-0.39, 0.29) is 18.4 Å². The smallest absolute Gasteiger partial charge is 0.261 e. The highest BCUT2D eigenvalue weighted by Crippen LogP contribution is 2.27. The molecule has 4 rings (SSSR count). The van der Waals surface area contributed by atoms with E-state index in [2.05, 4.69) is 17.4 Å². The van der Waals surface area contributed by atoms with Crippen molar-refractivity contribution in [1.82, 2.24) is 10.2 Å². The Bertz CT molecular complexity index is 796. The van der Waals surface area contributed by atoms with Crippen LogP contribution in [-0.2, 0) is 15.9 Å². The highest BCUT2D eigenvalue weighted by atomic mass is 16.7. The zero-order chi connectivity index (χ0) is 18.7. The molecule has 6 heteroatoms. The first-order valence-electron chi connectivity index (χ1n) is 9.16. The van der Waals surface area contributed by atoms with E-state index in [4.69, 9.17) is 9.47 Å². The lowest BCUT2D eigenvalue weighted by atomic mass is 10.1. The van der Waals surface area contributed by atoms with Gasteiger partial charge in [0.05, 0.1) is 37.4 Å². The van der Waals surface area contributed by atoms with E-state index in [9.17, 15) is 9.59 Å². The van der Waals surface area contributed by atoms with Crippen LogP contribution in [-0.4, -0.2) is 55.3 Å². The molecule has 0 radical (unpaired) electrons.